The van der Waals surface area contributed by atoms with Gasteiger partial charge in [-0.2, -0.15) is 0 Å². The van der Waals surface area contributed by atoms with Crippen LogP contribution in [0.2, 0.25) is 0 Å². The zero-order valence-corrected chi connectivity index (χ0v) is 48.7. The third-order valence-corrected chi connectivity index (χ3v) is 14.3. The van der Waals surface area contributed by atoms with Crippen LogP contribution in [0.1, 0.15) is 149 Å². The smallest absolute Gasteiger partial charge is 0.220 e. The van der Waals surface area contributed by atoms with Gasteiger partial charge in [0.25, 0.3) is 0 Å². The molecule has 468 valence electrons. The summed E-state index contributed by atoms with van der Waals surface area (Å²) >= 11 is 0. The number of aliphatic hydroxyl groups is 11. The van der Waals surface area contributed by atoms with E-state index in [9.17, 15) is 61.0 Å². The van der Waals surface area contributed by atoms with Crippen molar-refractivity contribution < 1.29 is 89.4 Å². The van der Waals surface area contributed by atoms with Crippen molar-refractivity contribution in [1.29, 1.82) is 0 Å². The summed E-state index contributed by atoms with van der Waals surface area (Å²) in [5, 5.41) is 120. The predicted octanol–water partition coefficient (Wildman–Crippen LogP) is 5.53. The van der Waals surface area contributed by atoms with Crippen LogP contribution in [0, 0.1) is 0 Å². The minimum Gasteiger partial charge on any atom is -0.394 e. The number of rotatable bonds is 42. The topological polar surface area (TPSA) is 307 Å². The molecule has 3 aliphatic heterocycles. The number of hydrogen-bond acceptors (Lipinski definition) is 18. The van der Waals surface area contributed by atoms with Crippen molar-refractivity contribution in [3.63, 3.8) is 0 Å². The maximum absolute atomic E-state index is 13.2. The molecule has 19 heteroatoms. The van der Waals surface area contributed by atoms with Crippen LogP contribution in [-0.4, -0.2) is 193 Å². The number of ether oxygens (including phenoxy) is 6. The highest BCUT2D eigenvalue weighted by Crippen LogP contribution is 2.33. The SMILES string of the molecule is CC/C=C\C/C=C\C/C=C\C/C=C\C/C=C\C/C=C\C/C=C\C/C=C\CCCCCCCCC(=O)NC(COC1OC(CO)C(OC2OC(CO)C(OC3OC(CO)C(O)C(O)C3O)C(O)C2O)C(O)C1O)C(O)/C=C/CCCCCC. The Labute approximate surface area is 487 Å². The molecule has 0 aromatic rings. The lowest BCUT2D eigenvalue weighted by Gasteiger charge is -2.48. The number of unbranched alkanes of at least 4 members (excludes halogenated alkanes) is 10. The fourth-order valence-corrected chi connectivity index (χ4v) is 9.38. The van der Waals surface area contributed by atoms with E-state index in [1.165, 1.54) is 0 Å². The molecule has 19 nitrogen and oxygen atoms in total. The number of nitrogens with one attached hydrogen (secondary N) is 1. The molecule has 3 saturated heterocycles. The summed E-state index contributed by atoms with van der Waals surface area (Å²) in [6, 6.07) is -0.985. The fraction of sp³-hybridized carbons (Fsp3) is 0.698. The zero-order chi connectivity index (χ0) is 59.7. The first-order valence-corrected chi connectivity index (χ1v) is 30.1. The Morgan fingerprint density at radius 2 is 0.841 bits per heavy atom. The van der Waals surface area contributed by atoms with E-state index in [1.54, 1.807) is 6.08 Å². The van der Waals surface area contributed by atoms with Gasteiger partial charge in [0.15, 0.2) is 18.9 Å². The second kappa shape index (κ2) is 44.9. The average Bonchev–Trinajstić information content (AvgIpc) is 3.60. The molecule has 1 amide bonds. The van der Waals surface area contributed by atoms with E-state index in [0.717, 1.165) is 122 Å². The Balaban J connectivity index is 1.37. The summed E-state index contributed by atoms with van der Waals surface area (Å²) in [4.78, 5) is 13.2. The molecule has 3 fully saturated rings. The number of aliphatic hydroxyl groups excluding tert-OH is 11. The van der Waals surface area contributed by atoms with E-state index >= 15 is 0 Å². The molecule has 0 radical (unpaired) electrons. The van der Waals surface area contributed by atoms with Crippen LogP contribution in [0.5, 0.6) is 0 Å². The van der Waals surface area contributed by atoms with Crippen LogP contribution < -0.4 is 5.32 Å². The molecule has 3 heterocycles. The summed E-state index contributed by atoms with van der Waals surface area (Å²) < 4.78 is 34.1. The molecule has 17 unspecified atom stereocenters. The number of hydrogen-bond donors (Lipinski definition) is 12. The van der Waals surface area contributed by atoms with Crippen molar-refractivity contribution in [3.05, 3.63) is 109 Å². The number of carbonyl (C=O) groups is 1. The van der Waals surface area contributed by atoms with Gasteiger partial charge in [-0.15, -0.1) is 0 Å². The monoisotopic (exact) mass is 1160 g/mol. The van der Waals surface area contributed by atoms with Gasteiger partial charge in [0.1, 0.15) is 73.2 Å². The van der Waals surface area contributed by atoms with Crippen molar-refractivity contribution in [2.24, 2.45) is 0 Å². The molecule has 3 rings (SSSR count). The van der Waals surface area contributed by atoms with Gasteiger partial charge in [0.05, 0.1) is 38.6 Å². The van der Waals surface area contributed by atoms with Gasteiger partial charge in [0, 0.05) is 6.42 Å². The highest BCUT2D eigenvalue weighted by molar-refractivity contribution is 5.76. The predicted molar refractivity (Wildman–Crippen MR) is 313 cm³/mol. The van der Waals surface area contributed by atoms with E-state index < -0.39 is 124 Å². The minimum atomic E-state index is -1.98. The molecule has 0 saturated carbocycles. The second-order valence-electron chi connectivity index (χ2n) is 21.1. The average molecular weight is 1160 g/mol. The van der Waals surface area contributed by atoms with Crippen LogP contribution >= 0.6 is 0 Å². The van der Waals surface area contributed by atoms with E-state index in [-0.39, 0.29) is 18.9 Å². The van der Waals surface area contributed by atoms with Crippen LogP contribution in [0.15, 0.2) is 109 Å². The Kier molecular flexibility index (Phi) is 39.8. The first-order chi connectivity index (χ1) is 39.8. The number of amides is 1. The van der Waals surface area contributed by atoms with Gasteiger partial charge >= 0.3 is 0 Å². The molecular weight excluding hydrogens is 1060 g/mol. The van der Waals surface area contributed by atoms with Crippen molar-refractivity contribution in [2.75, 3.05) is 26.4 Å². The maximum atomic E-state index is 13.2. The summed E-state index contributed by atoms with van der Waals surface area (Å²) in [5.74, 6) is -0.303. The van der Waals surface area contributed by atoms with E-state index in [2.05, 4.69) is 116 Å². The van der Waals surface area contributed by atoms with Gasteiger partial charge in [-0.25, -0.2) is 0 Å². The largest absolute Gasteiger partial charge is 0.394 e. The van der Waals surface area contributed by atoms with Gasteiger partial charge < -0.3 is 89.9 Å². The lowest BCUT2D eigenvalue weighted by molar-refractivity contribution is -0.379. The minimum absolute atomic E-state index is 0.217. The summed E-state index contributed by atoms with van der Waals surface area (Å²) in [6.07, 6.45) is 31.3. The van der Waals surface area contributed by atoms with Gasteiger partial charge in [-0.1, -0.05) is 168 Å². The number of carbonyl (C=O) groups excluding carboxylic acids is 1. The lowest BCUT2D eigenvalue weighted by atomic mass is 9.96. The van der Waals surface area contributed by atoms with Crippen LogP contribution in [0.25, 0.3) is 0 Å². The Morgan fingerprint density at radius 1 is 0.451 bits per heavy atom. The van der Waals surface area contributed by atoms with E-state index in [4.69, 9.17) is 28.4 Å². The maximum Gasteiger partial charge on any atom is 0.220 e. The first kappa shape index (κ1) is 72.7. The summed E-state index contributed by atoms with van der Waals surface area (Å²) in [7, 11) is 0. The molecule has 12 N–H and O–H groups in total. The summed E-state index contributed by atoms with van der Waals surface area (Å²) in [5.41, 5.74) is 0. The van der Waals surface area contributed by atoms with Crippen molar-refractivity contribution in [1.82, 2.24) is 5.32 Å². The van der Waals surface area contributed by atoms with Crippen molar-refractivity contribution in [3.8, 4) is 0 Å². The molecule has 3 aliphatic rings. The molecular formula is C63H103NO18. The van der Waals surface area contributed by atoms with Gasteiger partial charge in [0.2, 0.25) is 5.91 Å². The second-order valence-corrected chi connectivity index (χ2v) is 21.1. The fourth-order valence-electron chi connectivity index (χ4n) is 9.38. The Bertz CT molecular complexity index is 1920. The molecule has 17 atom stereocenters. The van der Waals surface area contributed by atoms with Crippen LogP contribution in [-0.2, 0) is 33.2 Å². The van der Waals surface area contributed by atoms with Crippen LogP contribution in [0.4, 0.5) is 0 Å². The highest BCUT2D eigenvalue weighted by Gasteiger charge is 2.53. The zero-order valence-electron chi connectivity index (χ0n) is 48.7. The number of allylic oxidation sites excluding steroid dienone is 17. The first-order valence-electron chi connectivity index (χ1n) is 30.1. The van der Waals surface area contributed by atoms with Gasteiger partial charge in [-0.3, -0.25) is 4.79 Å². The third-order valence-electron chi connectivity index (χ3n) is 14.3. The van der Waals surface area contributed by atoms with Gasteiger partial charge in [-0.05, 0) is 83.5 Å². The van der Waals surface area contributed by atoms with E-state index in [0.29, 0.717) is 6.42 Å². The normalized spacial score (nSPS) is 30.4. The molecule has 0 aromatic heterocycles. The molecule has 0 aromatic carbocycles. The lowest BCUT2D eigenvalue weighted by Crippen LogP contribution is -2.66. The molecule has 0 aliphatic carbocycles. The van der Waals surface area contributed by atoms with Crippen molar-refractivity contribution in [2.45, 2.75) is 253 Å². The van der Waals surface area contributed by atoms with Crippen LogP contribution in [0.3, 0.4) is 0 Å². The third kappa shape index (κ3) is 28.1. The molecule has 82 heavy (non-hydrogen) atoms. The van der Waals surface area contributed by atoms with E-state index in [1.807, 2.05) is 6.08 Å². The highest BCUT2D eigenvalue weighted by atomic mass is 16.8. The molecule has 0 spiro atoms. The summed E-state index contributed by atoms with van der Waals surface area (Å²) in [6.45, 7) is 1.46. The quantitative estimate of drug-likeness (QED) is 0.0264. The molecule has 0 bridgehead atoms. The standard InChI is InChI=1S/C63H103NO18/c1-3-5-7-9-11-12-13-14-15-16-17-18-19-20-21-22-23-24-25-26-27-28-29-30-31-32-33-34-35-37-39-41-51(69)64-46(47(68)40-38-36-10-8-6-4-2)45-77-61-57(75)54(72)59(49(43-66)79-61)82-63-58(76)55(73)60(50(44-67)80-63)81-62-56(74)53(71)52(70)48(42-65)78-62/h5,7,11-12,14-15,17-18,20-21,23-24,26-27,29-30,38,40,46-50,52-63,65-68,70-76H,3-4,6,8-10,13,16,19,22,25,28,31-37,39,41-45H2,1-2H3,(H,64,69)/b7-5-,12-11-,15-14-,18-17-,21-20-,24-23-,27-26-,30-29-,40-38+. The Hall–Kier alpha value is -3.55. The van der Waals surface area contributed by atoms with Crippen molar-refractivity contribution >= 4 is 5.91 Å². The Morgan fingerprint density at radius 3 is 1.32 bits per heavy atom.